The smallest absolute Gasteiger partial charge is 0.191 e. The van der Waals surface area contributed by atoms with Crippen molar-refractivity contribution in [3.63, 3.8) is 0 Å². The fourth-order valence-electron chi connectivity index (χ4n) is 2.34. The maximum atomic E-state index is 5.59. The van der Waals surface area contributed by atoms with E-state index in [1.807, 2.05) is 0 Å². The van der Waals surface area contributed by atoms with E-state index in [0.717, 1.165) is 51.6 Å². The molecule has 2 N–H and O–H groups in total. The molecule has 0 aromatic rings. The average Bonchev–Trinajstić information content (AvgIpc) is 3.05. The van der Waals surface area contributed by atoms with Crippen molar-refractivity contribution in [2.45, 2.75) is 44.8 Å². The summed E-state index contributed by atoms with van der Waals surface area (Å²) in [4.78, 5) is 4.57. The maximum absolute atomic E-state index is 5.59. The Morgan fingerprint density at radius 2 is 1.79 bits per heavy atom. The maximum Gasteiger partial charge on any atom is 0.191 e. The van der Waals surface area contributed by atoms with Gasteiger partial charge in [-0.1, -0.05) is 0 Å². The van der Waals surface area contributed by atoms with Crippen LogP contribution in [0.5, 0.6) is 0 Å². The Morgan fingerprint density at radius 3 is 2.37 bits per heavy atom. The van der Waals surface area contributed by atoms with Gasteiger partial charge in [0.1, 0.15) is 0 Å². The van der Waals surface area contributed by atoms with E-state index in [9.17, 15) is 0 Å². The van der Waals surface area contributed by atoms with Crippen LogP contribution >= 0.6 is 24.0 Å². The van der Waals surface area contributed by atoms with Crippen LogP contribution < -0.4 is 10.6 Å². The highest BCUT2D eigenvalue weighted by Gasteiger charge is 2.17. The Balaban J connectivity index is 0.00000180. The van der Waals surface area contributed by atoms with Gasteiger partial charge >= 0.3 is 0 Å². The van der Waals surface area contributed by atoms with Gasteiger partial charge in [-0.2, -0.15) is 0 Å². The Morgan fingerprint density at radius 1 is 1.11 bits per heavy atom. The standard InChI is InChI=1S/C13H25N3O2.HI/c1-2-14-13(15-9-11-5-3-7-17-11)16-10-12-6-4-8-18-12;/h11-12H,2-10H2,1H3,(H2,14,15,16);1H. The molecule has 0 saturated carbocycles. The van der Waals surface area contributed by atoms with Crippen LogP contribution in [0, 0.1) is 0 Å². The van der Waals surface area contributed by atoms with Gasteiger partial charge in [0.2, 0.25) is 0 Å². The molecule has 2 rings (SSSR count). The van der Waals surface area contributed by atoms with Crippen LogP contribution in [0.15, 0.2) is 4.99 Å². The predicted octanol–water partition coefficient (Wildman–Crippen LogP) is 1.52. The molecule has 2 fully saturated rings. The van der Waals surface area contributed by atoms with Crippen LogP contribution in [-0.2, 0) is 9.47 Å². The fourth-order valence-corrected chi connectivity index (χ4v) is 2.34. The summed E-state index contributed by atoms with van der Waals surface area (Å²) in [5.74, 6) is 0.878. The first-order chi connectivity index (χ1) is 8.88. The summed E-state index contributed by atoms with van der Waals surface area (Å²) in [6.45, 7) is 6.34. The first-order valence-electron chi connectivity index (χ1n) is 7.14. The Labute approximate surface area is 132 Å². The molecular formula is C13H26IN3O2. The molecule has 6 heteroatoms. The molecule has 2 atom stereocenters. The minimum absolute atomic E-state index is 0. The molecule has 2 unspecified atom stereocenters. The fraction of sp³-hybridized carbons (Fsp3) is 0.923. The van der Waals surface area contributed by atoms with Gasteiger partial charge < -0.3 is 20.1 Å². The highest BCUT2D eigenvalue weighted by atomic mass is 127. The molecule has 0 spiro atoms. The molecule has 0 aromatic carbocycles. The topological polar surface area (TPSA) is 54.9 Å². The number of nitrogens with zero attached hydrogens (tertiary/aromatic N) is 1. The molecule has 5 nitrogen and oxygen atoms in total. The van der Waals surface area contributed by atoms with Crippen molar-refractivity contribution in [3.8, 4) is 0 Å². The van der Waals surface area contributed by atoms with Crippen molar-refractivity contribution in [3.05, 3.63) is 0 Å². The summed E-state index contributed by atoms with van der Waals surface area (Å²) < 4.78 is 11.2. The lowest BCUT2D eigenvalue weighted by molar-refractivity contribution is 0.113. The van der Waals surface area contributed by atoms with E-state index in [1.165, 1.54) is 12.8 Å². The van der Waals surface area contributed by atoms with Crippen molar-refractivity contribution in [2.75, 3.05) is 32.8 Å². The van der Waals surface area contributed by atoms with Gasteiger partial charge in [-0.15, -0.1) is 24.0 Å². The van der Waals surface area contributed by atoms with Gasteiger partial charge in [-0.05, 0) is 32.6 Å². The molecule has 0 amide bonds. The number of nitrogens with one attached hydrogen (secondary N) is 2. The van der Waals surface area contributed by atoms with E-state index in [2.05, 4.69) is 22.5 Å². The molecule has 19 heavy (non-hydrogen) atoms. The Bertz CT molecular complexity index is 265. The van der Waals surface area contributed by atoms with Gasteiger partial charge in [0.05, 0.1) is 18.8 Å². The second-order valence-corrected chi connectivity index (χ2v) is 4.87. The van der Waals surface area contributed by atoms with Gasteiger partial charge in [0, 0.05) is 26.3 Å². The summed E-state index contributed by atoms with van der Waals surface area (Å²) >= 11 is 0. The van der Waals surface area contributed by atoms with E-state index in [0.29, 0.717) is 12.2 Å². The lowest BCUT2D eigenvalue weighted by Gasteiger charge is -2.15. The van der Waals surface area contributed by atoms with E-state index in [-0.39, 0.29) is 24.0 Å². The highest BCUT2D eigenvalue weighted by molar-refractivity contribution is 14.0. The molecule has 2 aliphatic rings. The Kier molecular flexibility index (Phi) is 8.72. The number of guanidine groups is 1. The summed E-state index contributed by atoms with van der Waals surface area (Å²) in [5.41, 5.74) is 0. The zero-order chi connectivity index (χ0) is 12.6. The number of hydrogen-bond donors (Lipinski definition) is 2. The molecule has 2 heterocycles. The van der Waals surface area contributed by atoms with Crippen LogP contribution in [-0.4, -0.2) is 51.0 Å². The minimum Gasteiger partial charge on any atom is -0.376 e. The minimum atomic E-state index is 0. The molecular weight excluding hydrogens is 357 g/mol. The van der Waals surface area contributed by atoms with Crippen LogP contribution in [0.25, 0.3) is 0 Å². The van der Waals surface area contributed by atoms with E-state index >= 15 is 0 Å². The van der Waals surface area contributed by atoms with E-state index in [4.69, 9.17) is 9.47 Å². The third-order valence-electron chi connectivity index (χ3n) is 3.34. The molecule has 0 bridgehead atoms. The van der Waals surface area contributed by atoms with Gasteiger partial charge in [0.15, 0.2) is 5.96 Å². The monoisotopic (exact) mass is 383 g/mol. The average molecular weight is 383 g/mol. The summed E-state index contributed by atoms with van der Waals surface area (Å²) in [5, 5.41) is 6.60. The second kappa shape index (κ2) is 9.77. The van der Waals surface area contributed by atoms with Crippen molar-refractivity contribution in [1.29, 1.82) is 0 Å². The zero-order valence-electron chi connectivity index (χ0n) is 11.7. The number of rotatable bonds is 5. The normalized spacial score (nSPS) is 27.1. The first-order valence-corrected chi connectivity index (χ1v) is 7.14. The largest absolute Gasteiger partial charge is 0.376 e. The molecule has 0 aromatic heterocycles. The van der Waals surface area contributed by atoms with Crippen molar-refractivity contribution >= 4 is 29.9 Å². The molecule has 2 saturated heterocycles. The Hall–Kier alpha value is -0.0800. The molecule has 112 valence electrons. The van der Waals surface area contributed by atoms with Gasteiger partial charge in [0.25, 0.3) is 0 Å². The van der Waals surface area contributed by atoms with Crippen molar-refractivity contribution < 1.29 is 9.47 Å². The van der Waals surface area contributed by atoms with Crippen LogP contribution in [0.3, 0.4) is 0 Å². The zero-order valence-corrected chi connectivity index (χ0v) is 14.0. The van der Waals surface area contributed by atoms with Crippen LogP contribution in [0.4, 0.5) is 0 Å². The number of ether oxygens (including phenoxy) is 2. The summed E-state index contributed by atoms with van der Waals surface area (Å²) in [7, 11) is 0. The molecule has 2 aliphatic heterocycles. The predicted molar refractivity (Wildman–Crippen MR) is 87.3 cm³/mol. The van der Waals surface area contributed by atoms with Crippen molar-refractivity contribution in [2.24, 2.45) is 4.99 Å². The van der Waals surface area contributed by atoms with Gasteiger partial charge in [-0.25, -0.2) is 0 Å². The van der Waals surface area contributed by atoms with E-state index in [1.54, 1.807) is 0 Å². The van der Waals surface area contributed by atoms with Crippen molar-refractivity contribution in [1.82, 2.24) is 10.6 Å². The third-order valence-corrected chi connectivity index (χ3v) is 3.34. The summed E-state index contributed by atoms with van der Waals surface area (Å²) in [6, 6.07) is 0. The van der Waals surface area contributed by atoms with E-state index < -0.39 is 0 Å². The lowest BCUT2D eigenvalue weighted by atomic mass is 10.2. The lowest BCUT2D eigenvalue weighted by Crippen LogP contribution is -2.41. The third kappa shape index (κ3) is 6.27. The summed E-state index contributed by atoms with van der Waals surface area (Å²) in [6.07, 6.45) is 5.28. The number of hydrogen-bond acceptors (Lipinski definition) is 3. The molecule has 0 radical (unpaired) electrons. The molecule has 0 aliphatic carbocycles. The number of aliphatic imine (C=N–C) groups is 1. The highest BCUT2D eigenvalue weighted by Crippen LogP contribution is 2.12. The number of halogens is 1. The van der Waals surface area contributed by atoms with Crippen LogP contribution in [0.2, 0.25) is 0 Å². The SMILES string of the molecule is CCNC(=NCC1CCCO1)NCC1CCCO1.I. The van der Waals surface area contributed by atoms with Crippen LogP contribution in [0.1, 0.15) is 32.6 Å². The van der Waals surface area contributed by atoms with Gasteiger partial charge in [-0.3, -0.25) is 4.99 Å². The first kappa shape index (κ1) is 17.0. The quantitative estimate of drug-likeness (QED) is 0.430. The second-order valence-electron chi connectivity index (χ2n) is 4.87.